The molecule has 2 amide bonds. The average Bonchev–Trinajstić information content (AvgIpc) is 3.11. The lowest BCUT2D eigenvalue weighted by molar-refractivity contribution is -0.123. The van der Waals surface area contributed by atoms with Crippen molar-refractivity contribution in [1.29, 1.82) is 0 Å². The third-order valence-corrected chi connectivity index (χ3v) is 5.91. The van der Waals surface area contributed by atoms with E-state index in [0.717, 1.165) is 23.1 Å². The van der Waals surface area contributed by atoms with E-state index >= 15 is 0 Å². The van der Waals surface area contributed by atoms with Crippen molar-refractivity contribution in [2.75, 3.05) is 26.4 Å². The molecule has 1 heterocycles. The van der Waals surface area contributed by atoms with Crippen molar-refractivity contribution in [2.45, 2.75) is 6.92 Å². The van der Waals surface area contributed by atoms with Gasteiger partial charge in [-0.1, -0.05) is 48.0 Å². The SMILES string of the molecule is Cc1ccc(OCCOc2cccc(/C=C3\SC(=O)N(CCOc4ccccc4)C3=O)c2)cc1. The molecule has 0 unspecified atom stereocenters. The molecule has 1 aliphatic heterocycles. The molecular weight excluding hydrogens is 450 g/mol. The number of hydrogen-bond acceptors (Lipinski definition) is 6. The lowest BCUT2D eigenvalue weighted by Crippen LogP contribution is -2.32. The fraction of sp³-hybridized carbons (Fsp3) is 0.185. The molecule has 3 aromatic carbocycles. The van der Waals surface area contributed by atoms with Crippen molar-refractivity contribution >= 4 is 29.0 Å². The second-order valence-electron chi connectivity index (χ2n) is 7.58. The molecule has 1 aliphatic rings. The zero-order chi connectivity index (χ0) is 23.8. The molecule has 174 valence electrons. The van der Waals surface area contributed by atoms with Gasteiger partial charge in [-0.25, -0.2) is 0 Å². The molecule has 6 nitrogen and oxygen atoms in total. The van der Waals surface area contributed by atoms with Gasteiger partial charge in [0.1, 0.15) is 37.1 Å². The van der Waals surface area contributed by atoms with Crippen LogP contribution in [0.3, 0.4) is 0 Å². The molecular formula is C27H25NO5S. The Balaban J connectivity index is 1.29. The van der Waals surface area contributed by atoms with Crippen molar-refractivity contribution in [3.63, 3.8) is 0 Å². The van der Waals surface area contributed by atoms with Crippen LogP contribution in [0.1, 0.15) is 11.1 Å². The number of amides is 2. The Bertz CT molecular complexity index is 1160. The Morgan fingerprint density at radius 3 is 2.18 bits per heavy atom. The predicted octanol–water partition coefficient (Wildman–Crippen LogP) is 5.57. The molecule has 0 spiro atoms. The van der Waals surface area contributed by atoms with Gasteiger partial charge in [-0.15, -0.1) is 0 Å². The Hall–Kier alpha value is -3.71. The van der Waals surface area contributed by atoms with Crippen molar-refractivity contribution in [2.24, 2.45) is 0 Å². The van der Waals surface area contributed by atoms with Crippen LogP contribution >= 0.6 is 11.8 Å². The third kappa shape index (κ3) is 6.42. The second-order valence-corrected chi connectivity index (χ2v) is 8.57. The van der Waals surface area contributed by atoms with Gasteiger partial charge in [0.05, 0.1) is 11.4 Å². The van der Waals surface area contributed by atoms with E-state index in [4.69, 9.17) is 14.2 Å². The summed E-state index contributed by atoms with van der Waals surface area (Å²) >= 11 is 0.931. The highest BCUT2D eigenvalue weighted by Gasteiger charge is 2.34. The normalized spacial score (nSPS) is 14.5. The lowest BCUT2D eigenvalue weighted by Gasteiger charge is -2.13. The summed E-state index contributed by atoms with van der Waals surface area (Å²) in [6.07, 6.45) is 1.71. The first-order valence-corrected chi connectivity index (χ1v) is 11.8. The first kappa shape index (κ1) is 23.4. The Kier molecular flexibility index (Phi) is 7.88. The second kappa shape index (κ2) is 11.4. The molecule has 0 aromatic heterocycles. The first-order chi connectivity index (χ1) is 16.6. The van der Waals surface area contributed by atoms with Crippen molar-refractivity contribution in [1.82, 2.24) is 4.90 Å². The van der Waals surface area contributed by atoms with Crippen LogP contribution < -0.4 is 14.2 Å². The maximum absolute atomic E-state index is 12.7. The van der Waals surface area contributed by atoms with Gasteiger partial charge in [0, 0.05) is 0 Å². The number of nitrogens with zero attached hydrogens (tertiary/aromatic N) is 1. The number of carbonyl (C=O) groups is 2. The smallest absolute Gasteiger partial charge is 0.293 e. The number of benzene rings is 3. The van der Waals surface area contributed by atoms with Gasteiger partial charge < -0.3 is 14.2 Å². The van der Waals surface area contributed by atoms with Gasteiger partial charge in [0.2, 0.25) is 0 Å². The van der Waals surface area contributed by atoms with Crippen LogP contribution in [0.15, 0.2) is 83.8 Å². The highest BCUT2D eigenvalue weighted by Crippen LogP contribution is 2.32. The minimum atomic E-state index is -0.315. The molecule has 34 heavy (non-hydrogen) atoms. The van der Waals surface area contributed by atoms with E-state index in [1.807, 2.05) is 85.8 Å². The summed E-state index contributed by atoms with van der Waals surface area (Å²) in [7, 11) is 0. The number of hydrogen-bond donors (Lipinski definition) is 0. The van der Waals surface area contributed by atoms with Crippen LogP contribution in [-0.4, -0.2) is 42.4 Å². The standard InChI is InChI=1S/C27H25NO5S/c1-20-10-12-23(13-11-20)32-16-17-33-24-9-5-6-21(18-24)19-25-26(29)28(27(30)34-25)14-15-31-22-7-3-2-4-8-22/h2-13,18-19H,14-17H2,1H3/b25-19-. The number of rotatable bonds is 10. The fourth-order valence-electron chi connectivity index (χ4n) is 3.26. The Morgan fingerprint density at radius 1 is 0.765 bits per heavy atom. The van der Waals surface area contributed by atoms with Crippen LogP contribution in [0, 0.1) is 6.92 Å². The van der Waals surface area contributed by atoms with Crippen molar-refractivity contribution in [3.8, 4) is 17.2 Å². The van der Waals surface area contributed by atoms with Crippen LogP contribution in [0.2, 0.25) is 0 Å². The summed E-state index contributed by atoms with van der Waals surface area (Å²) in [4.78, 5) is 26.7. The van der Waals surface area contributed by atoms with Gasteiger partial charge in [-0.05, 0) is 66.7 Å². The summed E-state index contributed by atoms with van der Waals surface area (Å²) < 4.78 is 17.1. The van der Waals surface area contributed by atoms with E-state index in [1.165, 1.54) is 10.5 Å². The highest BCUT2D eigenvalue weighted by molar-refractivity contribution is 8.18. The number of carbonyl (C=O) groups excluding carboxylic acids is 2. The summed E-state index contributed by atoms with van der Waals surface area (Å²) in [5.74, 6) is 1.85. The van der Waals surface area contributed by atoms with Crippen LogP contribution in [0.5, 0.6) is 17.2 Å². The maximum Gasteiger partial charge on any atom is 0.293 e. The zero-order valence-electron chi connectivity index (χ0n) is 18.8. The summed E-state index contributed by atoms with van der Waals surface area (Å²) in [5, 5.41) is -0.298. The molecule has 4 rings (SSSR count). The van der Waals surface area contributed by atoms with Crippen molar-refractivity contribution < 1.29 is 23.8 Å². The summed E-state index contributed by atoms with van der Waals surface area (Å²) in [5.41, 5.74) is 1.96. The monoisotopic (exact) mass is 475 g/mol. The molecule has 0 saturated carbocycles. The van der Waals surface area contributed by atoms with E-state index in [0.29, 0.717) is 29.6 Å². The number of imide groups is 1. The van der Waals surface area contributed by atoms with Crippen LogP contribution in [-0.2, 0) is 4.79 Å². The summed E-state index contributed by atoms with van der Waals surface area (Å²) in [6.45, 7) is 3.26. The molecule has 1 saturated heterocycles. The average molecular weight is 476 g/mol. The largest absolute Gasteiger partial charge is 0.492 e. The van der Waals surface area contributed by atoms with Crippen molar-refractivity contribution in [3.05, 3.63) is 94.9 Å². The summed E-state index contributed by atoms with van der Waals surface area (Å²) in [6, 6.07) is 24.5. The molecule has 0 bridgehead atoms. The van der Waals surface area contributed by atoms with E-state index in [2.05, 4.69) is 0 Å². The highest BCUT2D eigenvalue weighted by atomic mass is 32.2. The fourth-order valence-corrected chi connectivity index (χ4v) is 4.13. The van der Waals surface area contributed by atoms with Crippen LogP contribution in [0.4, 0.5) is 4.79 Å². The Labute approximate surface area is 203 Å². The van der Waals surface area contributed by atoms with Crippen LogP contribution in [0.25, 0.3) is 6.08 Å². The third-order valence-electron chi connectivity index (χ3n) is 5.00. The minimum absolute atomic E-state index is 0.195. The van der Waals surface area contributed by atoms with Gasteiger partial charge in [-0.2, -0.15) is 0 Å². The number of para-hydroxylation sites is 1. The van der Waals surface area contributed by atoms with Gasteiger partial charge in [0.15, 0.2) is 0 Å². The van der Waals surface area contributed by atoms with E-state index in [1.54, 1.807) is 6.08 Å². The van der Waals surface area contributed by atoms with E-state index in [9.17, 15) is 9.59 Å². The molecule has 1 fully saturated rings. The van der Waals surface area contributed by atoms with Gasteiger partial charge in [-0.3, -0.25) is 14.5 Å². The lowest BCUT2D eigenvalue weighted by atomic mass is 10.2. The number of ether oxygens (including phenoxy) is 3. The molecule has 7 heteroatoms. The molecule has 0 atom stereocenters. The quantitative estimate of drug-likeness (QED) is 0.282. The number of aryl methyl sites for hydroxylation is 1. The topological polar surface area (TPSA) is 65.1 Å². The number of thioether (sulfide) groups is 1. The van der Waals surface area contributed by atoms with E-state index in [-0.39, 0.29) is 24.3 Å². The predicted molar refractivity (Wildman–Crippen MR) is 133 cm³/mol. The van der Waals surface area contributed by atoms with Gasteiger partial charge >= 0.3 is 0 Å². The maximum atomic E-state index is 12.7. The molecule has 0 radical (unpaired) electrons. The first-order valence-electron chi connectivity index (χ1n) is 10.9. The zero-order valence-corrected chi connectivity index (χ0v) is 19.6. The van der Waals surface area contributed by atoms with Gasteiger partial charge in [0.25, 0.3) is 11.1 Å². The Morgan fingerprint density at radius 2 is 1.41 bits per heavy atom. The molecule has 0 N–H and O–H groups in total. The molecule has 0 aliphatic carbocycles. The molecule has 3 aromatic rings. The minimum Gasteiger partial charge on any atom is -0.492 e. The van der Waals surface area contributed by atoms with E-state index < -0.39 is 0 Å².